The molecule has 1 N–H and O–H groups in total. The zero-order valence-corrected chi connectivity index (χ0v) is 14.9. The van der Waals surface area contributed by atoms with Gasteiger partial charge in [0.2, 0.25) is 0 Å². The molecular formula is C19H30N2O2. The first kappa shape index (κ1) is 19.2. The van der Waals surface area contributed by atoms with E-state index in [1.165, 1.54) is 0 Å². The summed E-state index contributed by atoms with van der Waals surface area (Å²) in [6, 6.07) is 7.65. The number of hydrogen-bond acceptors (Lipinski definition) is 2. The molecule has 1 aromatic rings. The number of carbonyl (C=O) groups is 2. The molecule has 0 aromatic heterocycles. The minimum Gasteiger partial charge on any atom is -0.334 e. The van der Waals surface area contributed by atoms with Crippen LogP contribution in [-0.2, 0) is 9.59 Å². The zero-order chi connectivity index (χ0) is 17.2. The second kappa shape index (κ2) is 10.0. The van der Waals surface area contributed by atoms with Crippen LogP contribution >= 0.6 is 0 Å². The van der Waals surface area contributed by atoms with Crippen molar-refractivity contribution in [3.8, 4) is 0 Å². The molecule has 0 fully saturated rings. The number of nitrogens with zero attached hydrogens (tertiary/aromatic N) is 1. The lowest BCUT2D eigenvalue weighted by Crippen LogP contribution is -2.41. The predicted molar refractivity (Wildman–Crippen MR) is 95.6 cm³/mol. The third-order valence-electron chi connectivity index (χ3n) is 3.88. The molecule has 0 spiro atoms. The van der Waals surface area contributed by atoms with Crippen LogP contribution in [-0.4, -0.2) is 29.8 Å². The van der Waals surface area contributed by atoms with Crippen LogP contribution in [0.2, 0.25) is 0 Å². The fourth-order valence-corrected chi connectivity index (χ4v) is 2.45. The fourth-order valence-electron chi connectivity index (χ4n) is 2.45. The van der Waals surface area contributed by atoms with E-state index in [4.69, 9.17) is 0 Å². The van der Waals surface area contributed by atoms with Gasteiger partial charge in [-0.25, -0.2) is 0 Å². The summed E-state index contributed by atoms with van der Waals surface area (Å²) in [6.45, 7) is 9.61. The Morgan fingerprint density at radius 3 is 2.13 bits per heavy atom. The summed E-state index contributed by atoms with van der Waals surface area (Å²) < 4.78 is 0. The minimum absolute atomic E-state index is 0.290. The van der Waals surface area contributed by atoms with Crippen LogP contribution in [0, 0.1) is 0 Å². The Morgan fingerprint density at radius 1 is 1.04 bits per heavy atom. The van der Waals surface area contributed by atoms with E-state index < -0.39 is 11.8 Å². The summed E-state index contributed by atoms with van der Waals surface area (Å²) >= 11 is 0. The lowest BCUT2D eigenvalue weighted by atomic mass is 10.0. The van der Waals surface area contributed by atoms with Crippen molar-refractivity contribution >= 4 is 17.5 Å². The number of rotatable bonds is 8. The minimum atomic E-state index is -0.537. The molecule has 0 atom stereocenters. The number of benzene rings is 1. The molecule has 0 aliphatic carbocycles. The third kappa shape index (κ3) is 6.05. The van der Waals surface area contributed by atoms with Gasteiger partial charge in [-0.2, -0.15) is 0 Å². The van der Waals surface area contributed by atoms with E-state index in [1.54, 1.807) is 4.90 Å². The lowest BCUT2D eigenvalue weighted by molar-refractivity contribution is -0.143. The summed E-state index contributed by atoms with van der Waals surface area (Å²) in [5.41, 5.74) is 1.77. The molecule has 0 radical (unpaired) electrons. The highest BCUT2D eigenvalue weighted by atomic mass is 16.2. The van der Waals surface area contributed by atoms with Gasteiger partial charge < -0.3 is 10.2 Å². The molecule has 0 saturated carbocycles. The normalized spacial score (nSPS) is 10.7. The van der Waals surface area contributed by atoms with Crippen LogP contribution in [0.1, 0.15) is 64.9 Å². The monoisotopic (exact) mass is 318 g/mol. The quantitative estimate of drug-likeness (QED) is 0.731. The average molecular weight is 318 g/mol. The van der Waals surface area contributed by atoms with Gasteiger partial charge in [0.1, 0.15) is 0 Å². The summed E-state index contributed by atoms with van der Waals surface area (Å²) in [4.78, 5) is 26.5. The van der Waals surface area contributed by atoms with Crippen molar-refractivity contribution in [3.05, 3.63) is 29.8 Å². The number of amides is 2. The Kier molecular flexibility index (Phi) is 8.38. The molecule has 0 aliphatic rings. The van der Waals surface area contributed by atoms with Crippen molar-refractivity contribution < 1.29 is 9.59 Å². The summed E-state index contributed by atoms with van der Waals surface area (Å²) in [6.07, 6.45) is 3.86. The second-order valence-electron chi connectivity index (χ2n) is 6.20. The molecule has 4 nitrogen and oxygen atoms in total. The van der Waals surface area contributed by atoms with E-state index in [2.05, 4.69) is 33.0 Å². The maximum atomic E-state index is 12.5. The van der Waals surface area contributed by atoms with Gasteiger partial charge in [0.25, 0.3) is 0 Å². The van der Waals surface area contributed by atoms with E-state index in [-0.39, 0.29) is 5.92 Å². The zero-order valence-electron chi connectivity index (χ0n) is 14.9. The molecule has 0 heterocycles. The molecule has 1 aromatic carbocycles. The standard InChI is InChI=1S/C19H30N2O2/c1-5-7-13-21(14-8-6-2)19(23)18(22)20-17-12-10-9-11-16(17)15(3)4/h9-12,15H,5-8,13-14H2,1-4H3,(H,20,22). The van der Waals surface area contributed by atoms with Crippen LogP contribution in [0.25, 0.3) is 0 Å². The SMILES string of the molecule is CCCCN(CCCC)C(=O)C(=O)Nc1ccccc1C(C)C. The smallest absolute Gasteiger partial charge is 0.313 e. The molecule has 23 heavy (non-hydrogen) atoms. The van der Waals surface area contributed by atoms with Crippen LogP contribution in [0.3, 0.4) is 0 Å². The lowest BCUT2D eigenvalue weighted by Gasteiger charge is -2.22. The summed E-state index contributed by atoms with van der Waals surface area (Å²) in [5, 5.41) is 2.79. The molecule has 0 aliphatic heterocycles. The van der Waals surface area contributed by atoms with Crippen molar-refractivity contribution in [1.29, 1.82) is 0 Å². The van der Waals surface area contributed by atoms with Gasteiger partial charge in [-0.05, 0) is 30.4 Å². The number of hydrogen-bond donors (Lipinski definition) is 1. The maximum absolute atomic E-state index is 12.5. The number of para-hydroxylation sites is 1. The van der Waals surface area contributed by atoms with Gasteiger partial charge in [-0.1, -0.05) is 58.7 Å². The second-order valence-corrected chi connectivity index (χ2v) is 6.20. The Balaban J connectivity index is 2.79. The third-order valence-corrected chi connectivity index (χ3v) is 3.88. The van der Waals surface area contributed by atoms with E-state index in [0.717, 1.165) is 36.9 Å². The highest BCUT2D eigenvalue weighted by molar-refractivity contribution is 6.39. The van der Waals surface area contributed by atoms with Gasteiger partial charge in [0.15, 0.2) is 0 Å². The average Bonchev–Trinajstić information content (AvgIpc) is 2.54. The molecule has 128 valence electrons. The number of carbonyl (C=O) groups excluding carboxylic acids is 2. The number of unbranched alkanes of at least 4 members (excludes halogenated alkanes) is 2. The molecule has 0 saturated heterocycles. The van der Waals surface area contributed by atoms with Crippen molar-refractivity contribution in [2.24, 2.45) is 0 Å². The Hall–Kier alpha value is -1.84. The van der Waals surface area contributed by atoms with Gasteiger partial charge in [-0.3, -0.25) is 9.59 Å². The van der Waals surface area contributed by atoms with Gasteiger partial charge >= 0.3 is 11.8 Å². The largest absolute Gasteiger partial charge is 0.334 e. The highest BCUT2D eigenvalue weighted by Gasteiger charge is 2.22. The van der Waals surface area contributed by atoms with Crippen LogP contribution in [0.4, 0.5) is 5.69 Å². The summed E-state index contributed by atoms with van der Waals surface area (Å²) in [7, 11) is 0. The first-order chi connectivity index (χ1) is 11.0. The topological polar surface area (TPSA) is 49.4 Å². The van der Waals surface area contributed by atoms with Crippen molar-refractivity contribution in [2.45, 2.75) is 59.3 Å². The van der Waals surface area contributed by atoms with E-state index >= 15 is 0 Å². The maximum Gasteiger partial charge on any atom is 0.313 e. The van der Waals surface area contributed by atoms with Crippen molar-refractivity contribution in [2.75, 3.05) is 18.4 Å². The molecule has 2 amide bonds. The molecule has 0 bridgehead atoms. The van der Waals surface area contributed by atoms with Gasteiger partial charge in [0, 0.05) is 18.8 Å². The Morgan fingerprint density at radius 2 is 1.61 bits per heavy atom. The number of nitrogens with one attached hydrogen (secondary N) is 1. The molecule has 1 rings (SSSR count). The predicted octanol–water partition coefficient (Wildman–Crippen LogP) is 4.18. The van der Waals surface area contributed by atoms with Gasteiger partial charge in [-0.15, -0.1) is 0 Å². The van der Waals surface area contributed by atoms with Gasteiger partial charge in [0.05, 0.1) is 0 Å². The number of anilines is 1. The summed E-state index contributed by atoms with van der Waals surface area (Å²) in [5.74, 6) is -0.673. The molecule has 0 unspecified atom stereocenters. The van der Waals surface area contributed by atoms with E-state index in [9.17, 15) is 9.59 Å². The molecule has 4 heteroatoms. The Bertz CT molecular complexity index is 504. The first-order valence-electron chi connectivity index (χ1n) is 8.70. The molecular weight excluding hydrogens is 288 g/mol. The van der Waals surface area contributed by atoms with Crippen molar-refractivity contribution in [1.82, 2.24) is 4.90 Å². The van der Waals surface area contributed by atoms with Crippen LogP contribution < -0.4 is 5.32 Å². The van der Waals surface area contributed by atoms with Crippen molar-refractivity contribution in [3.63, 3.8) is 0 Å². The van der Waals surface area contributed by atoms with E-state index in [0.29, 0.717) is 13.1 Å². The highest BCUT2D eigenvalue weighted by Crippen LogP contribution is 2.23. The van der Waals surface area contributed by atoms with E-state index in [1.807, 2.05) is 24.3 Å². The fraction of sp³-hybridized carbons (Fsp3) is 0.579. The van der Waals surface area contributed by atoms with Crippen LogP contribution in [0.5, 0.6) is 0 Å². The Labute approximate surface area is 140 Å². The first-order valence-corrected chi connectivity index (χ1v) is 8.70. The van der Waals surface area contributed by atoms with Crippen LogP contribution in [0.15, 0.2) is 24.3 Å².